The van der Waals surface area contributed by atoms with Gasteiger partial charge in [0.1, 0.15) is 5.75 Å². The van der Waals surface area contributed by atoms with Gasteiger partial charge in [0.05, 0.1) is 5.02 Å². The third kappa shape index (κ3) is 5.36. The lowest BCUT2D eigenvalue weighted by molar-refractivity contribution is -0.146. The summed E-state index contributed by atoms with van der Waals surface area (Å²) in [6.07, 6.45) is -0.961. The van der Waals surface area contributed by atoms with E-state index in [1.165, 1.54) is 18.2 Å². The number of rotatable bonds is 7. The average Bonchev–Trinajstić information content (AvgIpc) is 2.30. The Morgan fingerprint density at radius 1 is 1.26 bits per heavy atom. The summed E-state index contributed by atoms with van der Waals surface area (Å²) in [4.78, 5) is 21.4. The van der Waals surface area contributed by atoms with Crippen LogP contribution in [0.4, 0.5) is 0 Å². The first-order valence-electron chi connectivity index (χ1n) is 5.46. The first-order chi connectivity index (χ1) is 8.90. The van der Waals surface area contributed by atoms with Crippen LogP contribution in [-0.2, 0) is 9.59 Å². The van der Waals surface area contributed by atoms with Crippen molar-refractivity contribution in [2.24, 2.45) is 0 Å². The molecule has 0 saturated carbocycles. The summed E-state index contributed by atoms with van der Waals surface area (Å²) in [7, 11) is 0. The second-order valence-electron chi connectivity index (χ2n) is 3.81. The minimum absolute atomic E-state index is 0.0839. The summed E-state index contributed by atoms with van der Waals surface area (Å²) in [5.41, 5.74) is 0. The zero-order valence-corrected chi connectivity index (χ0v) is 11.3. The highest BCUT2D eigenvalue weighted by molar-refractivity contribution is 6.35. The van der Waals surface area contributed by atoms with Gasteiger partial charge in [-0.25, -0.2) is 4.79 Å². The fourth-order valence-corrected chi connectivity index (χ4v) is 1.85. The Kier molecular flexibility index (Phi) is 5.92. The summed E-state index contributed by atoms with van der Waals surface area (Å²) in [5.74, 6) is -1.95. The van der Waals surface area contributed by atoms with Crippen LogP contribution in [-0.4, -0.2) is 28.3 Å². The van der Waals surface area contributed by atoms with Crippen molar-refractivity contribution in [3.8, 4) is 5.75 Å². The Morgan fingerprint density at radius 2 is 1.95 bits per heavy atom. The van der Waals surface area contributed by atoms with Gasteiger partial charge in [0, 0.05) is 11.4 Å². The fraction of sp³-hybridized carbons (Fsp3) is 0.333. The molecule has 7 heteroatoms. The number of benzene rings is 1. The number of ether oxygens (including phenoxy) is 1. The van der Waals surface area contributed by atoms with Gasteiger partial charge in [0.2, 0.25) is 0 Å². The standard InChI is InChI=1S/C12H12Cl2O5/c13-7-4-5-9(8(14)6-7)19-10(12(17)18)2-1-3-11(15)16/h4-6,10H,1-3H2,(H,15,16)(H,17,18). The maximum atomic E-state index is 11.0. The number of carboxylic acids is 2. The third-order valence-corrected chi connectivity index (χ3v) is 2.83. The number of hydrogen-bond donors (Lipinski definition) is 2. The molecule has 0 bridgehead atoms. The molecular weight excluding hydrogens is 295 g/mol. The molecule has 0 aliphatic heterocycles. The van der Waals surface area contributed by atoms with Crippen LogP contribution in [0.1, 0.15) is 19.3 Å². The summed E-state index contributed by atoms with van der Waals surface area (Å²) in [5, 5.41) is 18.1. The Hall–Kier alpha value is -1.46. The van der Waals surface area contributed by atoms with Gasteiger partial charge in [-0.1, -0.05) is 23.2 Å². The molecule has 0 spiro atoms. The maximum absolute atomic E-state index is 11.0. The average molecular weight is 307 g/mol. The smallest absolute Gasteiger partial charge is 0.344 e. The second kappa shape index (κ2) is 7.21. The molecule has 1 unspecified atom stereocenters. The van der Waals surface area contributed by atoms with Crippen molar-refractivity contribution in [2.75, 3.05) is 0 Å². The monoisotopic (exact) mass is 306 g/mol. The molecule has 1 aromatic carbocycles. The lowest BCUT2D eigenvalue weighted by Gasteiger charge is -2.15. The zero-order chi connectivity index (χ0) is 14.4. The highest BCUT2D eigenvalue weighted by Crippen LogP contribution is 2.29. The Labute approximate surface area is 119 Å². The van der Waals surface area contributed by atoms with E-state index in [1.807, 2.05) is 0 Å². The number of aliphatic carboxylic acids is 2. The van der Waals surface area contributed by atoms with E-state index >= 15 is 0 Å². The van der Waals surface area contributed by atoms with E-state index in [9.17, 15) is 9.59 Å². The molecule has 0 heterocycles. The summed E-state index contributed by atoms with van der Waals surface area (Å²) >= 11 is 11.6. The van der Waals surface area contributed by atoms with E-state index in [0.29, 0.717) is 5.02 Å². The quantitative estimate of drug-likeness (QED) is 0.808. The predicted molar refractivity (Wildman–Crippen MR) is 70.0 cm³/mol. The van der Waals surface area contributed by atoms with E-state index in [1.54, 1.807) is 0 Å². The van der Waals surface area contributed by atoms with Crippen LogP contribution in [0.3, 0.4) is 0 Å². The van der Waals surface area contributed by atoms with E-state index in [0.717, 1.165) is 0 Å². The maximum Gasteiger partial charge on any atom is 0.344 e. The molecule has 5 nitrogen and oxygen atoms in total. The van der Waals surface area contributed by atoms with Gasteiger partial charge in [0.25, 0.3) is 0 Å². The van der Waals surface area contributed by atoms with Crippen LogP contribution in [0.2, 0.25) is 10.0 Å². The van der Waals surface area contributed by atoms with E-state index in [2.05, 4.69) is 0 Å². The van der Waals surface area contributed by atoms with Crippen molar-refractivity contribution in [3.05, 3.63) is 28.2 Å². The molecule has 0 aliphatic rings. The van der Waals surface area contributed by atoms with Crippen LogP contribution < -0.4 is 4.74 Å². The minimum Gasteiger partial charge on any atom is -0.481 e. The second-order valence-corrected chi connectivity index (χ2v) is 4.65. The van der Waals surface area contributed by atoms with Crippen LogP contribution in [0.15, 0.2) is 18.2 Å². The lowest BCUT2D eigenvalue weighted by atomic mass is 10.1. The molecule has 0 saturated heterocycles. The molecule has 0 radical (unpaired) electrons. The Bertz CT molecular complexity index is 475. The van der Waals surface area contributed by atoms with Gasteiger partial charge < -0.3 is 14.9 Å². The zero-order valence-electron chi connectivity index (χ0n) is 9.81. The first kappa shape index (κ1) is 15.6. The van der Waals surface area contributed by atoms with Crippen molar-refractivity contribution >= 4 is 35.1 Å². The Morgan fingerprint density at radius 3 is 2.47 bits per heavy atom. The number of halogens is 2. The third-order valence-electron chi connectivity index (χ3n) is 2.30. The molecule has 0 amide bonds. The number of carbonyl (C=O) groups is 2. The molecule has 0 fully saturated rings. The van der Waals surface area contributed by atoms with Crippen LogP contribution >= 0.6 is 23.2 Å². The van der Waals surface area contributed by atoms with Crippen LogP contribution in [0, 0.1) is 0 Å². The fourth-order valence-electron chi connectivity index (χ4n) is 1.40. The summed E-state index contributed by atoms with van der Waals surface area (Å²) in [6, 6.07) is 4.44. The molecule has 0 aliphatic carbocycles. The van der Waals surface area contributed by atoms with Crippen molar-refractivity contribution in [1.82, 2.24) is 0 Å². The SMILES string of the molecule is O=C(O)CCCC(Oc1ccc(Cl)cc1Cl)C(=O)O. The van der Waals surface area contributed by atoms with Crippen molar-refractivity contribution in [3.63, 3.8) is 0 Å². The normalized spacial score (nSPS) is 11.9. The topological polar surface area (TPSA) is 83.8 Å². The summed E-state index contributed by atoms with van der Waals surface area (Å²) in [6.45, 7) is 0. The van der Waals surface area contributed by atoms with E-state index in [4.69, 9.17) is 38.2 Å². The van der Waals surface area contributed by atoms with Crippen LogP contribution in [0.5, 0.6) is 5.75 Å². The van der Waals surface area contributed by atoms with Crippen molar-refractivity contribution in [1.29, 1.82) is 0 Å². The van der Waals surface area contributed by atoms with Gasteiger partial charge in [-0.3, -0.25) is 4.79 Å². The predicted octanol–water partition coefficient (Wildman–Crippen LogP) is 3.08. The van der Waals surface area contributed by atoms with Crippen molar-refractivity contribution < 1.29 is 24.5 Å². The largest absolute Gasteiger partial charge is 0.481 e. The van der Waals surface area contributed by atoms with Gasteiger partial charge >= 0.3 is 11.9 Å². The molecule has 1 aromatic rings. The van der Waals surface area contributed by atoms with Gasteiger partial charge in [-0.2, -0.15) is 0 Å². The molecule has 1 rings (SSSR count). The highest BCUT2D eigenvalue weighted by atomic mass is 35.5. The Balaban J connectivity index is 2.67. The first-order valence-corrected chi connectivity index (χ1v) is 6.22. The summed E-state index contributed by atoms with van der Waals surface area (Å²) < 4.78 is 5.26. The van der Waals surface area contributed by atoms with E-state index < -0.39 is 18.0 Å². The van der Waals surface area contributed by atoms with Gasteiger partial charge in [-0.05, 0) is 31.0 Å². The molecule has 104 valence electrons. The lowest BCUT2D eigenvalue weighted by Crippen LogP contribution is -2.27. The van der Waals surface area contributed by atoms with Crippen molar-refractivity contribution in [2.45, 2.75) is 25.4 Å². The molecule has 19 heavy (non-hydrogen) atoms. The van der Waals surface area contributed by atoms with E-state index in [-0.39, 0.29) is 30.0 Å². The van der Waals surface area contributed by atoms with Gasteiger partial charge in [-0.15, -0.1) is 0 Å². The minimum atomic E-state index is -1.17. The number of hydrogen-bond acceptors (Lipinski definition) is 3. The highest BCUT2D eigenvalue weighted by Gasteiger charge is 2.20. The number of carboxylic acid groups (broad SMARTS) is 2. The van der Waals surface area contributed by atoms with Crippen LogP contribution in [0.25, 0.3) is 0 Å². The molecule has 1 atom stereocenters. The molecule has 0 aromatic heterocycles. The molecule has 2 N–H and O–H groups in total. The van der Waals surface area contributed by atoms with Gasteiger partial charge in [0.15, 0.2) is 6.10 Å². The molecular formula is C12H12Cl2O5.